The number of rotatable bonds is 3. The largest absolute Gasteiger partial charge is 0.338 e. The Morgan fingerprint density at radius 3 is 2.40 bits per heavy atom. The summed E-state index contributed by atoms with van der Waals surface area (Å²) in [4.78, 5) is 14.8. The Morgan fingerprint density at radius 2 is 1.76 bits per heavy atom. The number of benzene rings is 2. The summed E-state index contributed by atoms with van der Waals surface area (Å²) in [7, 11) is 0. The summed E-state index contributed by atoms with van der Waals surface area (Å²) in [6.45, 7) is 5.85. The van der Waals surface area contributed by atoms with Gasteiger partial charge in [0, 0.05) is 24.8 Å². The first-order chi connectivity index (χ1) is 12.1. The van der Waals surface area contributed by atoms with E-state index in [1.165, 1.54) is 11.1 Å². The predicted octanol–water partition coefficient (Wildman–Crippen LogP) is 4.00. The molecule has 4 nitrogen and oxygen atoms in total. The number of aryl methyl sites for hydroxylation is 2. The van der Waals surface area contributed by atoms with Gasteiger partial charge in [0.05, 0.1) is 11.3 Å². The highest BCUT2D eigenvalue weighted by Crippen LogP contribution is 2.27. The average molecular weight is 331 g/mol. The van der Waals surface area contributed by atoms with E-state index >= 15 is 0 Å². The van der Waals surface area contributed by atoms with Gasteiger partial charge in [-0.2, -0.15) is 5.10 Å². The van der Waals surface area contributed by atoms with Crippen LogP contribution in [-0.4, -0.2) is 33.7 Å². The number of hydrogen-bond acceptors (Lipinski definition) is 2. The highest BCUT2D eigenvalue weighted by Gasteiger charge is 2.26. The van der Waals surface area contributed by atoms with Crippen molar-refractivity contribution in [2.75, 3.05) is 13.1 Å². The van der Waals surface area contributed by atoms with Crippen LogP contribution in [0.1, 0.15) is 27.9 Å². The summed E-state index contributed by atoms with van der Waals surface area (Å²) < 4.78 is 1.80. The van der Waals surface area contributed by atoms with Gasteiger partial charge in [-0.15, -0.1) is 0 Å². The lowest BCUT2D eigenvalue weighted by Crippen LogP contribution is -2.42. The molecule has 0 radical (unpaired) electrons. The van der Waals surface area contributed by atoms with E-state index in [1.54, 1.807) is 4.68 Å². The first-order valence-electron chi connectivity index (χ1n) is 8.65. The molecule has 0 spiro atoms. The van der Waals surface area contributed by atoms with Crippen LogP contribution in [0.2, 0.25) is 0 Å². The second-order valence-corrected chi connectivity index (χ2v) is 6.62. The molecule has 0 N–H and O–H groups in total. The molecule has 126 valence electrons. The molecule has 0 atom stereocenters. The van der Waals surface area contributed by atoms with Gasteiger partial charge in [-0.3, -0.25) is 4.79 Å². The molecule has 4 heteroatoms. The second-order valence-electron chi connectivity index (χ2n) is 6.62. The Kier molecular flexibility index (Phi) is 3.88. The third-order valence-electron chi connectivity index (χ3n) is 4.89. The van der Waals surface area contributed by atoms with Crippen LogP contribution in [0.25, 0.3) is 16.9 Å². The minimum Gasteiger partial charge on any atom is -0.338 e. The molecule has 3 aromatic rings. The molecular formula is C21H21N3O. The van der Waals surface area contributed by atoms with E-state index in [4.69, 9.17) is 5.10 Å². The Labute approximate surface area is 147 Å². The lowest BCUT2D eigenvalue weighted by molar-refractivity contribution is 0.0652. The summed E-state index contributed by atoms with van der Waals surface area (Å²) in [5, 5.41) is 4.75. The fourth-order valence-electron chi connectivity index (χ4n) is 3.04. The molecule has 25 heavy (non-hydrogen) atoms. The van der Waals surface area contributed by atoms with Gasteiger partial charge in [0.1, 0.15) is 5.69 Å². The van der Waals surface area contributed by atoms with Crippen molar-refractivity contribution in [3.05, 3.63) is 71.4 Å². The van der Waals surface area contributed by atoms with Crippen molar-refractivity contribution in [3.63, 3.8) is 0 Å². The number of likely N-dealkylation sites (tertiary alicyclic amines) is 1. The van der Waals surface area contributed by atoms with Crippen LogP contribution in [0.5, 0.6) is 0 Å². The molecule has 4 rings (SSSR count). The van der Waals surface area contributed by atoms with Crippen LogP contribution in [0.15, 0.2) is 54.7 Å². The number of nitrogens with zero attached hydrogens (tertiary/aromatic N) is 3. The zero-order valence-corrected chi connectivity index (χ0v) is 14.6. The van der Waals surface area contributed by atoms with Crippen molar-refractivity contribution in [2.45, 2.75) is 20.3 Å². The number of amides is 1. The van der Waals surface area contributed by atoms with Crippen molar-refractivity contribution < 1.29 is 4.79 Å². The van der Waals surface area contributed by atoms with E-state index in [0.29, 0.717) is 5.56 Å². The van der Waals surface area contributed by atoms with Gasteiger partial charge >= 0.3 is 0 Å². The molecule has 1 amide bonds. The third-order valence-corrected chi connectivity index (χ3v) is 4.89. The van der Waals surface area contributed by atoms with Crippen LogP contribution in [0, 0.1) is 13.8 Å². The number of carbonyl (C=O) groups is 1. The minimum atomic E-state index is 0.0710. The highest BCUT2D eigenvalue weighted by molar-refractivity contribution is 6.00. The van der Waals surface area contributed by atoms with E-state index in [0.717, 1.165) is 36.5 Å². The number of aromatic nitrogens is 2. The van der Waals surface area contributed by atoms with Gasteiger partial charge < -0.3 is 4.90 Å². The third kappa shape index (κ3) is 2.84. The topological polar surface area (TPSA) is 38.1 Å². The molecule has 1 aliphatic rings. The van der Waals surface area contributed by atoms with E-state index in [9.17, 15) is 4.79 Å². The van der Waals surface area contributed by atoms with Crippen LogP contribution in [-0.2, 0) is 0 Å². The predicted molar refractivity (Wildman–Crippen MR) is 99.0 cm³/mol. The molecule has 0 bridgehead atoms. The molecule has 0 aliphatic carbocycles. The Balaban J connectivity index is 1.84. The molecular weight excluding hydrogens is 310 g/mol. The summed E-state index contributed by atoms with van der Waals surface area (Å²) >= 11 is 0. The van der Waals surface area contributed by atoms with Gasteiger partial charge in [-0.05, 0) is 49.6 Å². The van der Waals surface area contributed by atoms with Crippen LogP contribution >= 0.6 is 0 Å². The average Bonchev–Trinajstić information content (AvgIpc) is 3.02. The first-order valence-corrected chi connectivity index (χ1v) is 8.65. The standard InChI is InChI=1S/C21H21N3O/c1-15-9-10-17(13-16(15)2)20-19(21(25)23-11-6-12-23)14-24(22-20)18-7-4-3-5-8-18/h3-5,7-10,13-14H,6,11-12H2,1-2H3. The summed E-state index contributed by atoms with van der Waals surface area (Å²) in [5.74, 6) is 0.0710. The maximum absolute atomic E-state index is 12.9. The van der Waals surface area contributed by atoms with Gasteiger partial charge in [-0.25, -0.2) is 4.68 Å². The van der Waals surface area contributed by atoms with Crippen molar-refractivity contribution in [2.24, 2.45) is 0 Å². The van der Waals surface area contributed by atoms with Gasteiger partial charge in [0.15, 0.2) is 0 Å². The van der Waals surface area contributed by atoms with Crippen molar-refractivity contribution in [1.29, 1.82) is 0 Å². The van der Waals surface area contributed by atoms with Crippen molar-refractivity contribution in [3.8, 4) is 16.9 Å². The normalized spacial score (nSPS) is 13.6. The number of carbonyl (C=O) groups excluding carboxylic acids is 1. The lowest BCUT2D eigenvalue weighted by atomic mass is 10.0. The smallest absolute Gasteiger partial charge is 0.257 e. The SMILES string of the molecule is Cc1ccc(-c2nn(-c3ccccc3)cc2C(=O)N2CCC2)cc1C. The Bertz CT molecular complexity index is 924. The molecule has 1 aromatic heterocycles. The van der Waals surface area contributed by atoms with E-state index in [1.807, 2.05) is 47.5 Å². The maximum Gasteiger partial charge on any atom is 0.257 e. The van der Waals surface area contributed by atoms with Crippen molar-refractivity contribution >= 4 is 5.91 Å². The molecule has 1 aliphatic heterocycles. The highest BCUT2D eigenvalue weighted by atomic mass is 16.2. The Morgan fingerprint density at radius 1 is 1.00 bits per heavy atom. The maximum atomic E-state index is 12.9. The molecule has 2 heterocycles. The van der Waals surface area contributed by atoms with Crippen molar-refractivity contribution in [1.82, 2.24) is 14.7 Å². The summed E-state index contributed by atoms with van der Waals surface area (Å²) in [6, 6.07) is 16.2. The fraction of sp³-hybridized carbons (Fsp3) is 0.238. The zero-order valence-electron chi connectivity index (χ0n) is 14.6. The van der Waals surface area contributed by atoms with Crippen LogP contribution in [0.4, 0.5) is 0 Å². The van der Waals surface area contributed by atoms with E-state index in [2.05, 4.69) is 26.0 Å². The summed E-state index contributed by atoms with van der Waals surface area (Å²) in [6.07, 6.45) is 2.94. The molecule has 2 aromatic carbocycles. The first kappa shape index (κ1) is 15.6. The molecule has 0 unspecified atom stereocenters. The van der Waals surface area contributed by atoms with E-state index < -0.39 is 0 Å². The molecule has 1 fully saturated rings. The number of para-hydroxylation sites is 1. The van der Waals surface area contributed by atoms with Crippen LogP contribution in [0.3, 0.4) is 0 Å². The second kappa shape index (κ2) is 6.20. The van der Waals surface area contributed by atoms with E-state index in [-0.39, 0.29) is 5.91 Å². The summed E-state index contributed by atoms with van der Waals surface area (Å²) in [5.41, 5.74) is 5.81. The van der Waals surface area contributed by atoms with Gasteiger partial charge in [-0.1, -0.05) is 30.3 Å². The van der Waals surface area contributed by atoms with Gasteiger partial charge in [0.2, 0.25) is 0 Å². The monoisotopic (exact) mass is 331 g/mol. The fourth-order valence-corrected chi connectivity index (χ4v) is 3.04. The molecule has 0 saturated carbocycles. The quantitative estimate of drug-likeness (QED) is 0.727. The molecule has 1 saturated heterocycles. The Hall–Kier alpha value is -2.88. The van der Waals surface area contributed by atoms with Crippen LogP contribution < -0.4 is 0 Å². The minimum absolute atomic E-state index is 0.0710. The zero-order chi connectivity index (χ0) is 17.4. The number of hydrogen-bond donors (Lipinski definition) is 0. The van der Waals surface area contributed by atoms with Gasteiger partial charge in [0.25, 0.3) is 5.91 Å². The lowest BCUT2D eigenvalue weighted by Gasteiger charge is -2.30.